The molecule has 0 bridgehead atoms. The maximum atomic E-state index is 12.3. The number of carbonyl (C=O) groups excluding carboxylic acids is 2. The largest absolute Gasteiger partial charge is 0.497 e. The first-order valence-electron chi connectivity index (χ1n) is 9.98. The molecule has 0 fully saturated rings. The third kappa shape index (κ3) is 7.26. The Bertz CT molecular complexity index is 823. The molecular weight excluding hydrogens is 364 g/mol. The molecule has 29 heavy (non-hydrogen) atoms. The number of nitrogens with one attached hydrogen (secondary N) is 1. The minimum atomic E-state index is -0.0962. The average molecular weight is 397 g/mol. The van der Waals surface area contributed by atoms with E-state index in [-0.39, 0.29) is 23.7 Å². The fraction of sp³-hybridized carbons (Fsp3) is 0.417. The number of rotatable bonds is 8. The summed E-state index contributed by atoms with van der Waals surface area (Å²) in [5.74, 6) is 0.671. The zero-order chi connectivity index (χ0) is 21.4. The molecule has 2 amide bonds. The minimum Gasteiger partial charge on any atom is -0.497 e. The topological polar surface area (TPSA) is 58.6 Å². The first-order valence-corrected chi connectivity index (χ1v) is 9.98. The van der Waals surface area contributed by atoms with E-state index in [4.69, 9.17) is 4.74 Å². The van der Waals surface area contributed by atoms with Crippen LogP contribution in [0.3, 0.4) is 0 Å². The summed E-state index contributed by atoms with van der Waals surface area (Å²) in [6, 6.07) is 15.7. The van der Waals surface area contributed by atoms with Crippen LogP contribution < -0.4 is 10.1 Å². The van der Waals surface area contributed by atoms with Gasteiger partial charge in [-0.15, -0.1) is 0 Å². The Balaban J connectivity index is 1.86. The van der Waals surface area contributed by atoms with E-state index in [0.717, 1.165) is 17.0 Å². The zero-order valence-corrected chi connectivity index (χ0v) is 18.1. The number of ether oxygens (including phenoxy) is 1. The van der Waals surface area contributed by atoms with E-state index in [2.05, 4.69) is 26.1 Å². The van der Waals surface area contributed by atoms with Gasteiger partial charge in [0.25, 0.3) is 0 Å². The fourth-order valence-electron chi connectivity index (χ4n) is 3.03. The SMILES string of the molecule is COc1cccc(CCN(CCC(=O)Nc2ccc(C(C)(C)C)cc2)C(C)=O)c1. The molecule has 5 nitrogen and oxygen atoms in total. The lowest BCUT2D eigenvalue weighted by Crippen LogP contribution is -2.33. The van der Waals surface area contributed by atoms with Crippen molar-refractivity contribution in [2.75, 3.05) is 25.5 Å². The van der Waals surface area contributed by atoms with Crippen molar-refractivity contribution in [1.29, 1.82) is 0 Å². The van der Waals surface area contributed by atoms with Gasteiger partial charge in [-0.1, -0.05) is 45.0 Å². The van der Waals surface area contributed by atoms with Gasteiger partial charge in [0.1, 0.15) is 5.75 Å². The molecule has 1 N–H and O–H groups in total. The van der Waals surface area contributed by atoms with Crippen LogP contribution in [0.2, 0.25) is 0 Å². The van der Waals surface area contributed by atoms with E-state index < -0.39 is 0 Å². The van der Waals surface area contributed by atoms with Crippen molar-refractivity contribution in [2.24, 2.45) is 0 Å². The van der Waals surface area contributed by atoms with Crippen LogP contribution in [0.5, 0.6) is 5.75 Å². The van der Waals surface area contributed by atoms with Gasteiger partial charge in [-0.3, -0.25) is 9.59 Å². The molecular formula is C24H32N2O3. The van der Waals surface area contributed by atoms with E-state index >= 15 is 0 Å². The number of benzene rings is 2. The molecule has 0 unspecified atom stereocenters. The summed E-state index contributed by atoms with van der Waals surface area (Å²) in [7, 11) is 1.64. The van der Waals surface area contributed by atoms with Gasteiger partial charge in [-0.2, -0.15) is 0 Å². The summed E-state index contributed by atoms with van der Waals surface area (Å²) in [4.78, 5) is 26.0. The Labute approximate surface area is 174 Å². The van der Waals surface area contributed by atoms with Gasteiger partial charge in [-0.25, -0.2) is 0 Å². The molecule has 0 saturated carbocycles. The van der Waals surface area contributed by atoms with Crippen LogP contribution in [0.1, 0.15) is 45.2 Å². The van der Waals surface area contributed by atoms with Crippen LogP contribution in [0.25, 0.3) is 0 Å². The highest BCUT2D eigenvalue weighted by Crippen LogP contribution is 2.23. The predicted molar refractivity (Wildman–Crippen MR) is 117 cm³/mol. The Morgan fingerprint density at radius 2 is 1.72 bits per heavy atom. The number of hydrogen-bond donors (Lipinski definition) is 1. The molecule has 0 atom stereocenters. The van der Waals surface area contributed by atoms with Crippen LogP contribution >= 0.6 is 0 Å². The van der Waals surface area contributed by atoms with Crippen LogP contribution in [0, 0.1) is 0 Å². The minimum absolute atomic E-state index is 0.0322. The van der Waals surface area contributed by atoms with Crippen molar-refractivity contribution in [1.82, 2.24) is 4.90 Å². The second-order valence-corrected chi connectivity index (χ2v) is 8.23. The molecule has 0 aliphatic carbocycles. The first-order chi connectivity index (χ1) is 13.7. The molecule has 0 radical (unpaired) electrons. The van der Waals surface area contributed by atoms with Crippen LogP contribution in [-0.2, 0) is 21.4 Å². The van der Waals surface area contributed by atoms with E-state index in [1.54, 1.807) is 12.0 Å². The van der Waals surface area contributed by atoms with Crippen LogP contribution in [-0.4, -0.2) is 36.9 Å². The molecule has 2 rings (SSSR count). The van der Waals surface area contributed by atoms with Crippen molar-refractivity contribution in [3.05, 3.63) is 59.7 Å². The molecule has 5 heteroatoms. The van der Waals surface area contributed by atoms with Gasteiger partial charge < -0.3 is 15.0 Å². The molecule has 0 heterocycles. The lowest BCUT2D eigenvalue weighted by atomic mass is 9.87. The molecule has 2 aromatic rings. The van der Waals surface area contributed by atoms with Gasteiger partial charge in [-0.05, 0) is 47.2 Å². The van der Waals surface area contributed by atoms with Crippen LogP contribution in [0.15, 0.2) is 48.5 Å². The lowest BCUT2D eigenvalue weighted by molar-refractivity contribution is -0.129. The summed E-state index contributed by atoms with van der Waals surface area (Å²) in [5.41, 5.74) is 3.16. The summed E-state index contributed by atoms with van der Waals surface area (Å²) in [5, 5.41) is 2.91. The number of carbonyl (C=O) groups is 2. The van der Waals surface area contributed by atoms with Gasteiger partial charge in [0.2, 0.25) is 11.8 Å². The van der Waals surface area contributed by atoms with Gasteiger partial charge >= 0.3 is 0 Å². The number of hydrogen-bond acceptors (Lipinski definition) is 3. The quantitative estimate of drug-likeness (QED) is 0.719. The van der Waals surface area contributed by atoms with Gasteiger partial charge in [0.05, 0.1) is 7.11 Å². The molecule has 0 spiro atoms. The van der Waals surface area contributed by atoms with Crippen LogP contribution in [0.4, 0.5) is 5.69 Å². The highest BCUT2D eigenvalue weighted by molar-refractivity contribution is 5.91. The normalized spacial score (nSPS) is 11.1. The molecule has 0 saturated heterocycles. The molecule has 0 aromatic heterocycles. The van der Waals surface area contributed by atoms with Crippen molar-refractivity contribution < 1.29 is 14.3 Å². The number of nitrogens with zero attached hydrogens (tertiary/aromatic N) is 1. The second-order valence-electron chi connectivity index (χ2n) is 8.23. The zero-order valence-electron chi connectivity index (χ0n) is 18.1. The third-order valence-corrected chi connectivity index (χ3v) is 4.89. The second kappa shape index (κ2) is 10.1. The lowest BCUT2D eigenvalue weighted by Gasteiger charge is -2.21. The van der Waals surface area contributed by atoms with Crippen molar-refractivity contribution in [3.8, 4) is 5.75 Å². The Morgan fingerprint density at radius 1 is 1.03 bits per heavy atom. The predicted octanol–water partition coefficient (Wildman–Crippen LogP) is 4.41. The maximum Gasteiger partial charge on any atom is 0.226 e. The van der Waals surface area contributed by atoms with Gasteiger partial charge in [0, 0.05) is 32.1 Å². The summed E-state index contributed by atoms with van der Waals surface area (Å²) in [6.07, 6.45) is 0.978. The number of methoxy groups -OCH3 is 1. The summed E-state index contributed by atoms with van der Waals surface area (Å²) >= 11 is 0. The van der Waals surface area contributed by atoms with E-state index in [9.17, 15) is 9.59 Å². The van der Waals surface area contributed by atoms with Gasteiger partial charge in [0.15, 0.2) is 0 Å². The number of amides is 2. The molecule has 0 aliphatic heterocycles. The monoisotopic (exact) mass is 396 g/mol. The Kier molecular flexibility index (Phi) is 7.82. The van der Waals surface area contributed by atoms with Crippen molar-refractivity contribution in [2.45, 2.75) is 46.0 Å². The van der Waals surface area contributed by atoms with Crippen molar-refractivity contribution >= 4 is 17.5 Å². The summed E-state index contributed by atoms with van der Waals surface area (Å²) in [6.45, 7) is 8.96. The van der Waals surface area contributed by atoms with E-state index in [1.165, 1.54) is 12.5 Å². The highest BCUT2D eigenvalue weighted by Gasteiger charge is 2.14. The number of anilines is 1. The maximum absolute atomic E-state index is 12.3. The average Bonchev–Trinajstić information content (AvgIpc) is 2.67. The molecule has 156 valence electrons. The fourth-order valence-corrected chi connectivity index (χ4v) is 3.03. The smallest absolute Gasteiger partial charge is 0.226 e. The molecule has 2 aromatic carbocycles. The standard InChI is InChI=1S/C24H32N2O3/c1-18(27)26(15-13-19-7-6-8-22(17-19)29-5)16-14-23(28)25-21-11-9-20(10-12-21)24(2,3)4/h6-12,17H,13-16H2,1-5H3,(H,25,28). The first kappa shape index (κ1) is 22.5. The Morgan fingerprint density at radius 3 is 2.31 bits per heavy atom. The molecule has 0 aliphatic rings. The highest BCUT2D eigenvalue weighted by atomic mass is 16.5. The van der Waals surface area contributed by atoms with E-state index in [1.807, 2.05) is 48.5 Å². The third-order valence-electron chi connectivity index (χ3n) is 4.89. The van der Waals surface area contributed by atoms with E-state index in [0.29, 0.717) is 19.5 Å². The Hall–Kier alpha value is -2.82. The van der Waals surface area contributed by atoms with Crippen molar-refractivity contribution in [3.63, 3.8) is 0 Å². The summed E-state index contributed by atoms with van der Waals surface area (Å²) < 4.78 is 5.24.